The first-order valence-electron chi connectivity index (χ1n) is 6.95. The maximum Gasteiger partial charge on any atom is 0.161 e. The van der Waals surface area contributed by atoms with Gasteiger partial charge in [0, 0.05) is 6.61 Å². The molecule has 0 spiro atoms. The highest BCUT2D eigenvalue weighted by atomic mass is 16.5. The van der Waals surface area contributed by atoms with Crippen molar-refractivity contribution in [2.75, 3.05) is 19.8 Å². The Morgan fingerprint density at radius 3 is 2.63 bits per heavy atom. The van der Waals surface area contributed by atoms with E-state index in [-0.39, 0.29) is 6.10 Å². The molecule has 4 heteroatoms. The Balaban J connectivity index is 2.18. The van der Waals surface area contributed by atoms with Gasteiger partial charge >= 0.3 is 0 Å². The topological polar surface area (TPSA) is 47.9 Å². The summed E-state index contributed by atoms with van der Waals surface area (Å²) in [7, 11) is 0. The van der Waals surface area contributed by atoms with Crippen LogP contribution in [0.3, 0.4) is 0 Å². The fraction of sp³-hybridized carbons (Fsp3) is 0.600. The lowest BCUT2D eigenvalue weighted by atomic mass is 10.0. The summed E-state index contributed by atoms with van der Waals surface area (Å²) < 4.78 is 16.6. The van der Waals surface area contributed by atoms with Gasteiger partial charge in [-0.2, -0.15) is 0 Å². The summed E-state index contributed by atoms with van der Waals surface area (Å²) in [4.78, 5) is 0. The van der Waals surface area contributed by atoms with Crippen LogP contribution in [0, 0.1) is 0 Å². The Hall–Kier alpha value is -1.26. The molecule has 0 aromatic heterocycles. The number of ether oxygens (including phenoxy) is 3. The average Bonchev–Trinajstić information content (AvgIpc) is 2.94. The molecule has 0 radical (unpaired) electrons. The third-order valence-electron chi connectivity index (χ3n) is 3.23. The zero-order chi connectivity index (χ0) is 13.7. The van der Waals surface area contributed by atoms with Gasteiger partial charge in [0.25, 0.3) is 0 Å². The van der Waals surface area contributed by atoms with Gasteiger partial charge in [0.2, 0.25) is 0 Å². The average molecular weight is 266 g/mol. The van der Waals surface area contributed by atoms with Crippen molar-refractivity contribution in [3.8, 4) is 11.5 Å². The van der Waals surface area contributed by atoms with Crippen LogP contribution in [0.4, 0.5) is 0 Å². The van der Waals surface area contributed by atoms with Crippen LogP contribution in [0.5, 0.6) is 11.5 Å². The highest BCUT2D eigenvalue weighted by molar-refractivity contribution is 5.43. The molecule has 1 heterocycles. The highest BCUT2D eigenvalue weighted by Gasteiger charge is 2.26. The second-order valence-corrected chi connectivity index (χ2v) is 4.57. The second-order valence-electron chi connectivity index (χ2n) is 4.57. The van der Waals surface area contributed by atoms with Crippen molar-refractivity contribution >= 4 is 0 Å². The molecular formula is C15H22O4. The van der Waals surface area contributed by atoms with E-state index in [1.807, 2.05) is 32.0 Å². The van der Waals surface area contributed by atoms with E-state index < -0.39 is 6.10 Å². The molecule has 19 heavy (non-hydrogen) atoms. The van der Waals surface area contributed by atoms with Gasteiger partial charge in [0.15, 0.2) is 11.5 Å². The Morgan fingerprint density at radius 2 is 2.00 bits per heavy atom. The number of rotatable bonds is 6. The van der Waals surface area contributed by atoms with Gasteiger partial charge in [-0.05, 0) is 44.4 Å². The standard InChI is InChI=1S/C15H22O4/c1-3-17-12-8-7-11(10-14(12)18-4-2)15(16)13-6-5-9-19-13/h7-8,10,13,15-16H,3-6,9H2,1-2H3. The van der Waals surface area contributed by atoms with Gasteiger partial charge in [-0.15, -0.1) is 0 Å². The quantitative estimate of drug-likeness (QED) is 0.860. The summed E-state index contributed by atoms with van der Waals surface area (Å²) in [6.07, 6.45) is 1.21. The van der Waals surface area contributed by atoms with Crippen molar-refractivity contribution in [3.63, 3.8) is 0 Å². The maximum atomic E-state index is 10.3. The predicted molar refractivity (Wildman–Crippen MR) is 72.7 cm³/mol. The summed E-state index contributed by atoms with van der Waals surface area (Å²) in [5.74, 6) is 1.39. The molecule has 106 valence electrons. The lowest BCUT2D eigenvalue weighted by molar-refractivity contribution is -0.00271. The van der Waals surface area contributed by atoms with Gasteiger partial charge in [-0.1, -0.05) is 6.07 Å². The molecule has 1 aromatic carbocycles. The molecule has 0 saturated carbocycles. The van der Waals surface area contributed by atoms with Gasteiger partial charge in [0.05, 0.1) is 19.3 Å². The van der Waals surface area contributed by atoms with Crippen molar-refractivity contribution in [3.05, 3.63) is 23.8 Å². The number of benzene rings is 1. The number of aliphatic hydroxyl groups excluding tert-OH is 1. The van der Waals surface area contributed by atoms with E-state index in [0.29, 0.717) is 24.7 Å². The fourth-order valence-electron chi connectivity index (χ4n) is 2.32. The molecule has 1 aliphatic rings. The maximum absolute atomic E-state index is 10.3. The van der Waals surface area contributed by atoms with Gasteiger partial charge in [0.1, 0.15) is 6.10 Å². The minimum atomic E-state index is -0.600. The number of hydrogen-bond acceptors (Lipinski definition) is 4. The van der Waals surface area contributed by atoms with Crippen LogP contribution in [-0.2, 0) is 4.74 Å². The summed E-state index contributed by atoms with van der Waals surface area (Å²) in [6, 6.07) is 5.57. The van der Waals surface area contributed by atoms with Crippen LogP contribution in [0.15, 0.2) is 18.2 Å². The van der Waals surface area contributed by atoms with Crippen LogP contribution < -0.4 is 9.47 Å². The SMILES string of the molecule is CCOc1ccc(C(O)C2CCCO2)cc1OCC. The molecule has 1 N–H and O–H groups in total. The lowest BCUT2D eigenvalue weighted by Crippen LogP contribution is -2.17. The summed E-state index contributed by atoms with van der Waals surface area (Å²) in [6.45, 7) is 5.76. The largest absolute Gasteiger partial charge is 0.490 e. The minimum absolute atomic E-state index is 0.104. The molecule has 2 rings (SSSR count). The van der Waals surface area contributed by atoms with Crippen molar-refractivity contribution in [2.24, 2.45) is 0 Å². The molecule has 2 atom stereocenters. The van der Waals surface area contributed by atoms with Crippen molar-refractivity contribution in [1.29, 1.82) is 0 Å². The minimum Gasteiger partial charge on any atom is -0.490 e. The first-order chi connectivity index (χ1) is 9.26. The van der Waals surface area contributed by atoms with Crippen molar-refractivity contribution in [2.45, 2.75) is 38.9 Å². The smallest absolute Gasteiger partial charge is 0.161 e. The third kappa shape index (κ3) is 3.39. The van der Waals surface area contributed by atoms with E-state index in [9.17, 15) is 5.11 Å². The van der Waals surface area contributed by atoms with Gasteiger partial charge < -0.3 is 19.3 Å². The molecule has 4 nitrogen and oxygen atoms in total. The predicted octanol–water partition coefficient (Wildman–Crippen LogP) is 2.70. The zero-order valence-electron chi connectivity index (χ0n) is 11.6. The summed E-state index contributed by atoms with van der Waals surface area (Å²) in [5.41, 5.74) is 0.818. The molecule has 0 aliphatic carbocycles. The first kappa shape index (κ1) is 14.2. The molecule has 2 unspecified atom stereocenters. The molecule has 0 bridgehead atoms. The van der Waals surface area contributed by atoms with E-state index in [4.69, 9.17) is 14.2 Å². The zero-order valence-corrected chi connectivity index (χ0v) is 11.6. The van der Waals surface area contributed by atoms with Crippen LogP contribution >= 0.6 is 0 Å². The molecule has 1 aromatic rings. The monoisotopic (exact) mass is 266 g/mol. The van der Waals surface area contributed by atoms with Crippen LogP contribution in [0.2, 0.25) is 0 Å². The van der Waals surface area contributed by atoms with Crippen LogP contribution in [0.1, 0.15) is 38.4 Å². The summed E-state index contributed by atoms with van der Waals surface area (Å²) >= 11 is 0. The molecule has 1 saturated heterocycles. The summed E-state index contributed by atoms with van der Waals surface area (Å²) in [5, 5.41) is 10.3. The Labute approximate surface area is 114 Å². The van der Waals surface area contributed by atoms with E-state index in [0.717, 1.165) is 25.0 Å². The van der Waals surface area contributed by atoms with E-state index in [1.54, 1.807) is 0 Å². The van der Waals surface area contributed by atoms with Gasteiger partial charge in [-0.25, -0.2) is 0 Å². The highest BCUT2D eigenvalue weighted by Crippen LogP contribution is 2.34. The molecule has 0 amide bonds. The van der Waals surface area contributed by atoms with Gasteiger partial charge in [-0.3, -0.25) is 0 Å². The molecule has 1 aliphatic heterocycles. The normalized spacial score (nSPS) is 20.3. The third-order valence-corrected chi connectivity index (χ3v) is 3.23. The van der Waals surface area contributed by atoms with Crippen molar-refractivity contribution < 1.29 is 19.3 Å². The fourth-order valence-corrected chi connectivity index (χ4v) is 2.32. The second kappa shape index (κ2) is 6.78. The van der Waals surface area contributed by atoms with E-state index >= 15 is 0 Å². The van der Waals surface area contributed by atoms with E-state index in [2.05, 4.69) is 0 Å². The van der Waals surface area contributed by atoms with Crippen LogP contribution in [0.25, 0.3) is 0 Å². The van der Waals surface area contributed by atoms with Crippen LogP contribution in [-0.4, -0.2) is 31.0 Å². The number of hydrogen-bond donors (Lipinski definition) is 1. The Morgan fingerprint density at radius 1 is 1.26 bits per heavy atom. The Kier molecular flexibility index (Phi) is 5.05. The lowest BCUT2D eigenvalue weighted by Gasteiger charge is -2.19. The molecule has 1 fully saturated rings. The molecular weight excluding hydrogens is 244 g/mol. The van der Waals surface area contributed by atoms with E-state index in [1.165, 1.54) is 0 Å². The van der Waals surface area contributed by atoms with Crippen molar-refractivity contribution in [1.82, 2.24) is 0 Å². The number of aliphatic hydroxyl groups is 1. The first-order valence-corrected chi connectivity index (χ1v) is 6.95. The Bertz CT molecular complexity index is 399.